The van der Waals surface area contributed by atoms with Crippen LogP contribution in [0.25, 0.3) is 0 Å². The third-order valence-electron chi connectivity index (χ3n) is 5.37. The summed E-state index contributed by atoms with van der Waals surface area (Å²) in [7, 11) is 1.51. The fraction of sp³-hybridized carbons (Fsp3) is 0.348. The van der Waals surface area contributed by atoms with Gasteiger partial charge < -0.3 is 25.0 Å². The summed E-state index contributed by atoms with van der Waals surface area (Å²) in [6, 6.07) is 6.40. The van der Waals surface area contributed by atoms with Crippen molar-refractivity contribution in [3.05, 3.63) is 59.7 Å². The molecule has 0 unspecified atom stereocenters. The molecule has 4 heterocycles. The van der Waals surface area contributed by atoms with Gasteiger partial charge in [0.05, 0.1) is 43.8 Å². The minimum absolute atomic E-state index is 0.180. The first-order valence-electron chi connectivity index (χ1n) is 11.1. The second-order valence-corrected chi connectivity index (χ2v) is 7.91. The maximum Gasteiger partial charge on any atom is 0.417 e. The van der Waals surface area contributed by atoms with Gasteiger partial charge in [-0.2, -0.15) is 18.2 Å². The summed E-state index contributed by atoms with van der Waals surface area (Å²) < 4.78 is 49.1. The molecule has 190 valence electrons. The van der Waals surface area contributed by atoms with E-state index in [1.54, 1.807) is 25.1 Å². The Labute approximate surface area is 204 Å². The van der Waals surface area contributed by atoms with Gasteiger partial charge in [-0.05, 0) is 31.2 Å². The fourth-order valence-corrected chi connectivity index (χ4v) is 3.39. The van der Waals surface area contributed by atoms with E-state index >= 15 is 0 Å². The van der Waals surface area contributed by atoms with E-state index in [1.807, 2.05) is 4.90 Å². The normalized spacial score (nSPS) is 14.8. The van der Waals surface area contributed by atoms with Crippen molar-refractivity contribution in [3.63, 3.8) is 0 Å². The van der Waals surface area contributed by atoms with Crippen LogP contribution >= 0.6 is 0 Å². The molecule has 0 radical (unpaired) electrons. The zero-order valence-electron chi connectivity index (χ0n) is 19.5. The number of rotatable bonds is 7. The average Bonchev–Trinajstić information content (AvgIpc) is 2.89. The molecule has 1 aliphatic heterocycles. The molecule has 13 heteroatoms. The third kappa shape index (κ3) is 6.16. The number of amides is 1. The smallest absolute Gasteiger partial charge is 0.417 e. The minimum atomic E-state index is -4.48. The number of pyridine rings is 2. The van der Waals surface area contributed by atoms with Gasteiger partial charge in [0, 0.05) is 25.4 Å². The van der Waals surface area contributed by atoms with Crippen LogP contribution in [0.5, 0.6) is 5.75 Å². The van der Waals surface area contributed by atoms with Crippen LogP contribution in [0.2, 0.25) is 0 Å². The third-order valence-corrected chi connectivity index (χ3v) is 5.37. The SMILES string of the molecule is COc1ccc(C(=O)N[C@@H](C)c2cc(Nc3ccc(C(F)(F)F)cn3)nc(N3CCOCC3)n2)nc1. The monoisotopic (exact) mass is 503 g/mol. The molecule has 1 saturated heterocycles. The number of carbonyl (C=O) groups is 1. The van der Waals surface area contributed by atoms with Crippen molar-refractivity contribution in [2.45, 2.75) is 19.1 Å². The number of nitrogens with one attached hydrogen (secondary N) is 2. The van der Waals surface area contributed by atoms with E-state index in [-0.39, 0.29) is 11.5 Å². The number of alkyl halides is 3. The highest BCUT2D eigenvalue weighted by Crippen LogP contribution is 2.29. The largest absolute Gasteiger partial charge is 0.495 e. The number of hydrogen-bond acceptors (Lipinski definition) is 9. The highest BCUT2D eigenvalue weighted by molar-refractivity contribution is 5.92. The van der Waals surface area contributed by atoms with E-state index in [9.17, 15) is 18.0 Å². The minimum Gasteiger partial charge on any atom is -0.495 e. The van der Waals surface area contributed by atoms with Crippen LogP contribution in [-0.2, 0) is 10.9 Å². The molecule has 10 nitrogen and oxygen atoms in total. The van der Waals surface area contributed by atoms with Gasteiger partial charge >= 0.3 is 6.18 Å². The van der Waals surface area contributed by atoms with E-state index in [0.29, 0.717) is 49.5 Å². The maximum absolute atomic E-state index is 12.9. The zero-order valence-corrected chi connectivity index (χ0v) is 19.5. The van der Waals surface area contributed by atoms with E-state index in [0.717, 1.165) is 12.3 Å². The summed E-state index contributed by atoms with van der Waals surface area (Å²) in [4.78, 5) is 31.7. The summed E-state index contributed by atoms with van der Waals surface area (Å²) in [5.74, 6) is 1.01. The van der Waals surface area contributed by atoms with Crippen LogP contribution in [0.1, 0.15) is 34.7 Å². The van der Waals surface area contributed by atoms with Gasteiger partial charge in [0.2, 0.25) is 5.95 Å². The number of ether oxygens (including phenoxy) is 2. The Morgan fingerprint density at radius 1 is 1.08 bits per heavy atom. The Morgan fingerprint density at radius 3 is 2.47 bits per heavy atom. The lowest BCUT2D eigenvalue weighted by molar-refractivity contribution is -0.137. The van der Waals surface area contributed by atoms with Crippen molar-refractivity contribution < 1.29 is 27.4 Å². The first-order chi connectivity index (χ1) is 17.2. The molecule has 1 amide bonds. The second-order valence-electron chi connectivity index (χ2n) is 7.91. The van der Waals surface area contributed by atoms with Crippen LogP contribution < -0.4 is 20.3 Å². The lowest BCUT2D eigenvalue weighted by Crippen LogP contribution is -2.38. The van der Waals surface area contributed by atoms with Crippen molar-refractivity contribution in [3.8, 4) is 5.75 Å². The molecule has 4 rings (SSSR count). The maximum atomic E-state index is 12.9. The van der Waals surface area contributed by atoms with Crippen molar-refractivity contribution in [1.29, 1.82) is 0 Å². The lowest BCUT2D eigenvalue weighted by Gasteiger charge is -2.28. The van der Waals surface area contributed by atoms with Gasteiger partial charge in [-0.25, -0.2) is 15.0 Å². The topological polar surface area (TPSA) is 114 Å². The van der Waals surface area contributed by atoms with Gasteiger partial charge in [0.25, 0.3) is 5.91 Å². The van der Waals surface area contributed by atoms with Crippen molar-refractivity contribution >= 4 is 23.5 Å². The fourth-order valence-electron chi connectivity index (χ4n) is 3.39. The Morgan fingerprint density at radius 2 is 1.86 bits per heavy atom. The van der Waals surface area contributed by atoms with Crippen LogP contribution in [-0.4, -0.2) is 59.3 Å². The molecule has 3 aromatic rings. The highest BCUT2D eigenvalue weighted by atomic mass is 19.4. The number of methoxy groups -OCH3 is 1. The van der Waals surface area contributed by atoms with E-state index in [2.05, 4.69) is 30.6 Å². The Kier molecular flexibility index (Phi) is 7.48. The molecule has 3 aromatic heterocycles. The van der Waals surface area contributed by atoms with Crippen LogP contribution in [0.15, 0.2) is 42.7 Å². The number of halogens is 3. The first-order valence-corrected chi connectivity index (χ1v) is 11.1. The van der Waals surface area contributed by atoms with E-state index < -0.39 is 23.7 Å². The highest BCUT2D eigenvalue weighted by Gasteiger charge is 2.30. The summed E-state index contributed by atoms with van der Waals surface area (Å²) in [5, 5.41) is 5.78. The number of morpholine rings is 1. The van der Waals surface area contributed by atoms with Gasteiger partial charge in [-0.15, -0.1) is 0 Å². The molecule has 1 aliphatic rings. The van der Waals surface area contributed by atoms with Gasteiger partial charge in [0.15, 0.2) is 0 Å². The number of anilines is 3. The number of aromatic nitrogens is 4. The molecule has 0 bridgehead atoms. The predicted octanol–water partition coefficient (Wildman–Crippen LogP) is 3.37. The molecule has 0 aliphatic carbocycles. The quantitative estimate of drug-likeness (QED) is 0.501. The van der Waals surface area contributed by atoms with Crippen LogP contribution in [0.3, 0.4) is 0 Å². The van der Waals surface area contributed by atoms with E-state index in [4.69, 9.17) is 9.47 Å². The summed E-state index contributed by atoms with van der Waals surface area (Å²) in [6.45, 7) is 3.90. The Bertz CT molecular complexity index is 1190. The molecular weight excluding hydrogens is 479 g/mol. The number of nitrogens with zero attached hydrogens (tertiary/aromatic N) is 5. The number of hydrogen-bond donors (Lipinski definition) is 2. The Hall–Kier alpha value is -4.00. The summed E-state index contributed by atoms with van der Waals surface area (Å²) in [5.41, 5.74) is -0.158. The number of carbonyl (C=O) groups excluding carboxylic acids is 1. The Balaban J connectivity index is 1.57. The van der Waals surface area contributed by atoms with Crippen molar-refractivity contribution in [2.75, 3.05) is 43.6 Å². The lowest BCUT2D eigenvalue weighted by atomic mass is 10.2. The molecule has 2 N–H and O–H groups in total. The van der Waals surface area contributed by atoms with Crippen molar-refractivity contribution in [1.82, 2.24) is 25.3 Å². The molecule has 36 heavy (non-hydrogen) atoms. The second kappa shape index (κ2) is 10.7. The predicted molar refractivity (Wildman–Crippen MR) is 124 cm³/mol. The van der Waals surface area contributed by atoms with Gasteiger partial charge in [-0.3, -0.25) is 4.79 Å². The van der Waals surface area contributed by atoms with Gasteiger partial charge in [0.1, 0.15) is 23.1 Å². The molecular formula is C23H24F3N7O3. The van der Waals surface area contributed by atoms with Crippen molar-refractivity contribution in [2.24, 2.45) is 0 Å². The molecule has 0 spiro atoms. The van der Waals surface area contributed by atoms with Crippen LogP contribution in [0.4, 0.5) is 30.8 Å². The molecule has 0 saturated carbocycles. The summed E-state index contributed by atoms with van der Waals surface area (Å²) in [6.07, 6.45) is -2.29. The molecule has 1 atom stereocenters. The molecule has 1 fully saturated rings. The zero-order chi connectivity index (χ0) is 25.7. The summed E-state index contributed by atoms with van der Waals surface area (Å²) >= 11 is 0. The van der Waals surface area contributed by atoms with Crippen LogP contribution in [0, 0.1) is 0 Å². The molecule has 0 aromatic carbocycles. The standard InChI is InChI=1S/C23H24F3N7O3/c1-14(29-21(34)17-5-4-16(35-2)13-27-17)18-11-20(32-22(30-18)33-7-9-36-10-8-33)31-19-6-3-15(12-28-19)23(24,25)26/h3-6,11-14H,7-10H2,1-2H3,(H,29,34)(H,28,30,31,32)/t14-/m0/s1. The average molecular weight is 503 g/mol. The first kappa shape index (κ1) is 25.1. The van der Waals surface area contributed by atoms with Gasteiger partial charge in [-0.1, -0.05) is 0 Å². The van der Waals surface area contributed by atoms with E-state index in [1.165, 1.54) is 19.4 Å².